The zero-order chi connectivity index (χ0) is 24.8. The number of hydrogen-bond acceptors (Lipinski definition) is 6. The van der Waals surface area contributed by atoms with Crippen molar-refractivity contribution in [1.82, 2.24) is 19.1 Å². The molecule has 4 aromatic rings. The lowest BCUT2D eigenvalue weighted by Gasteiger charge is -2.11. The molecule has 2 aromatic carbocycles. The van der Waals surface area contributed by atoms with Crippen LogP contribution in [0.1, 0.15) is 36.7 Å². The molecule has 0 saturated heterocycles. The van der Waals surface area contributed by atoms with E-state index < -0.39 is 17.2 Å². The van der Waals surface area contributed by atoms with Crippen LogP contribution in [0.15, 0.2) is 64.2 Å². The molecular formula is C26H28N4O5. The quantitative estimate of drug-likeness (QED) is 0.353. The molecule has 0 saturated carbocycles. The number of carbonyl (C=O) groups is 1. The number of aromatic nitrogens is 4. The van der Waals surface area contributed by atoms with Crippen molar-refractivity contribution in [3.8, 4) is 5.75 Å². The molecule has 0 aliphatic carbocycles. The summed E-state index contributed by atoms with van der Waals surface area (Å²) in [7, 11) is 1.65. The minimum Gasteiger partial charge on any atom is -0.482 e. The monoisotopic (exact) mass is 476 g/mol. The standard InChI is InChI=1S/C26H28N4O5/c1-3-4-14-30-24-23(25(32)28-26(30)33)29(2)21(27-24)16-35-22(31)17-34-20-13-9-8-12-19(20)15-18-10-6-5-7-11-18/h5-13H,3-4,14-17H2,1-2H3,(H,28,32,33). The van der Waals surface area contributed by atoms with Gasteiger partial charge in [-0.2, -0.15) is 0 Å². The van der Waals surface area contributed by atoms with Crippen LogP contribution in [0.5, 0.6) is 5.75 Å². The summed E-state index contributed by atoms with van der Waals surface area (Å²) in [5, 5.41) is 0. The van der Waals surface area contributed by atoms with Gasteiger partial charge in [0.2, 0.25) is 0 Å². The van der Waals surface area contributed by atoms with Crippen molar-refractivity contribution in [1.29, 1.82) is 0 Å². The maximum absolute atomic E-state index is 12.4. The summed E-state index contributed by atoms with van der Waals surface area (Å²) in [4.78, 5) is 43.8. The van der Waals surface area contributed by atoms with Gasteiger partial charge in [-0.1, -0.05) is 61.9 Å². The zero-order valence-corrected chi connectivity index (χ0v) is 19.8. The average molecular weight is 477 g/mol. The van der Waals surface area contributed by atoms with Gasteiger partial charge in [0.25, 0.3) is 5.56 Å². The van der Waals surface area contributed by atoms with E-state index in [0.717, 1.165) is 24.0 Å². The first-order valence-electron chi connectivity index (χ1n) is 11.6. The van der Waals surface area contributed by atoms with Crippen molar-refractivity contribution in [3.63, 3.8) is 0 Å². The Morgan fingerprint density at radius 3 is 2.57 bits per heavy atom. The Kier molecular flexibility index (Phi) is 7.45. The van der Waals surface area contributed by atoms with E-state index in [1.807, 2.05) is 61.5 Å². The first-order chi connectivity index (χ1) is 17.0. The van der Waals surface area contributed by atoms with Crippen LogP contribution < -0.4 is 16.0 Å². The lowest BCUT2D eigenvalue weighted by atomic mass is 10.0. The zero-order valence-electron chi connectivity index (χ0n) is 19.8. The van der Waals surface area contributed by atoms with Gasteiger partial charge in [0, 0.05) is 20.0 Å². The lowest BCUT2D eigenvalue weighted by Crippen LogP contribution is -2.31. The molecule has 4 rings (SSSR count). The predicted molar refractivity (Wildman–Crippen MR) is 131 cm³/mol. The largest absolute Gasteiger partial charge is 0.482 e. The van der Waals surface area contributed by atoms with Crippen LogP contribution in [0.25, 0.3) is 11.2 Å². The van der Waals surface area contributed by atoms with Crippen LogP contribution in [-0.2, 0) is 36.2 Å². The molecule has 0 fully saturated rings. The summed E-state index contributed by atoms with van der Waals surface area (Å²) in [6.45, 7) is 2.03. The Balaban J connectivity index is 1.43. The number of nitrogens with one attached hydrogen (secondary N) is 1. The smallest absolute Gasteiger partial charge is 0.344 e. The van der Waals surface area contributed by atoms with Crippen molar-refractivity contribution >= 4 is 17.1 Å². The number of H-pyrrole nitrogens is 1. The van der Waals surface area contributed by atoms with E-state index >= 15 is 0 Å². The summed E-state index contributed by atoms with van der Waals surface area (Å²) in [5.74, 6) is 0.408. The summed E-state index contributed by atoms with van der Waals surface area (Å²) in [6.07, 6.45) is 2.34. The number of ether oxygens (including phenoxy) is 2. The normalized spacial score (nSPS) is 11.0. The number of rotatable bonds is 10. The first-order valence-corrected chi connectivity index (χ1v) is 11.6. The molecule has 0 aliphatic heterocycles. The van der Waals surface area contributed by atoms with Crippen LogP contribution in [0.2, 0.25) is 0 Å². The molecule has 0 amide bonds. The van der Waals surface area contributed by atoms with Crippen molar-refractivity contribution in [2.45, 2.75) is 39.3 Å². The van der Waals surface area contributed by atoms with Crippen LogP contribution in [-0.4, -0.2) is 31.7 Å². The number of benzene rings is 2. The third kappa shape index (κ3) is 5.51. The summed E-state index contributed by atoms with van der Waals surface area (Å²) < 4.78 is 14.1. The van der Waals surface area contributed by atoms with Crippen LogP contribution in [0, 0.1) is 0 Å². The van der Waals surface area contributed by atoms with E-state index in [4.69, 9.17) is 9.47 Å². The maximum atomic E-state index is 12.4. The number of unbranched alkanes of at least 4 members (excludes halogenated alkanes) is 1. The van der Waals surface area contributed by atoms with Gasteiger partial charge in [-0.3, -0.25) is 14.3 Å². The summed E-state index contributed by atoms with van der Waals surface area (Å²) >= 11 is 0. The average Bonchev–Trinajstić information content (AvgIpc) is 3.19. The molecule has 35 heavy (non-hydrogen) atoms. The molecule has 9 nitrogen and oxygen atoms in total. The van der Waals surface area contributed by atoms with Gasteiger partial charge in [-0.25, -0.2) is 14.6 Å². The number of nitrogens with zero attached hydrogens (tertiary/aromatic N) is 3. The Labute approximate surface area is 202 Å². The Hall–Kier alpha value is -4.14. The molecule has 9 heteroatoms. The highest BCUT2D eigenvalue weighted by Crippen LogP contribution is 2.21. The number of imidazole rings is 1. The third-order valence-corrected chi connectivity index (χ3v) is 5.76. The second-order valence-electron chi connectivity index (χ2n) is 8.24. The number of esters is 1. The Morgan fingerprint density at radius 2 is 1.80 bits per heavy atom. The minimum absolute atomic E-state index is 0.152. The predicted octanol–water partition coefficient (Wildman–Crippen LogP) is 2.94. The van der Waals surface area contributed by atoms with Gasteiger partial charge >= 0.3 is 11.7 Å². The third-order valence-electron chi connectivity index (χ3n) is 5.76. The molecule has 0 radical (unpaired) electrons. The fourth-order valence-corrected chi connectivity index (χ4v) is 3.87. The second kappa shape index (κ2) is 10.9. The van der Waals surface area contributed by atoms with Gasteiger partial charge < -0.3 is 14.0 Å². The minimum atomic E-state index is -0.566. The highest BCUT2D eigenvalue weighted by Gasteiger charge is 2.18. The van der Waals surface area contributed by atoms with Gasteiger partial charge in [0.1, 0.15) is 18.2 Å². The van der Waals surface area contributed by atoms with Crippen molar-refractivity contribution in [3.05, 3.63) is 92.4 Å². The number of aromatic amines is 1. The topological polar surface area (TPSA) is 108 Å². The number of hydrogen-bond donors (Lipinski definition) is 1. The van der Waals surface area contributed by atoms with Crippen molar-refractivity contribution in [2.75, 3.05) is 6.61 Å². The molecule has 2 heterocycles. The van der Waals surface area contributed by atoms with E-state index in [2.05, 4.69) is 9.97 Å². The van der Waals surface area contributed by atoms with Gasteiger partial charge in [0.05, 0.1) is 0 Å². The Bertz CT molecular complexity index is 1440. The first kappa shape index (κ1) is 24.0. The number of aryl methyl sites for hydroxylation is 2. The fourth-order valence-electron chi connectivity index (χ4n) is 3.87. The van der Waals surface area contributed by atoms with Crippen LogP contribution >= 0.6 is 0 Å². The Morgan fingerprint density at radius 1 is 1.06 bits per heavy atom. The van der Waals surface area contributed by atoms with Gasteiger partial charge in [0.15, 0.2) is 17.8 Å². The molecule has 2 aromatic heterocycles. The molecule has 0 bridgehead atoms. The van der Waals surface area contributed by atoms with E-state index in [1.165, 1.54) is 4.57 Å². The van der Waals surface area contributed by atoms with Crippen molar-refractivity contribution < 1.29 is 14.3 Å². The van der Waals surface area contributed by atoms with Crippen LogP contribution in [0.3, 0.4) is 0 Å². The van der Waals surface area contributed by atoms with Crippen LogP contribution in [0.4, 0.5) is 0 Å². The molecule has 0 spiro atoms. The number of carbonyl (C=O) groups excluding carboxylic acids is 1. The number of para-hydroxylation sites is 1. The van der Waals surface area contributed by atoms with E-state index in [1.54, 1.807) is 11.6 Å². The van der Waals surface area contributed by atoms with Gasteiger partial charge in [-0.05, 0) is 23.6 Å². The lowest BCUT2D eigenvalue weighted by molar-refractivity contribution is -0.147. The molecule has 0 aliphatic rings. The summed E-state index contributed by atoms with van der Waals surface area (Å²) in [6, 6.07) is 17.6. The molecule has 0 unspecified atom stereocenters. The highest BCUT2D eigenvalue weighted by atomic mass is 16.6. The molecule has 1 N–H and O–H groups in total. The highest BCUT2D eigenvalue weighted by molar-refractivity contribution is 5.72. The summed E-state index contributed by atoms with van der Waals surface area (Å²) in [5.41, 5.74) is 1.63. The SMILES string of the molecule is CCCCn1c(=O)[nH]c(=O)c2c1nc(COC(=O)COc1ccccc1Cc1ccccc1)n2C. The number of fused-ring (bicyclic) bond motifs is 1. The van der Waals surface area contributed by atoms with Gasteiger partial charge in [-0.15, -0.1) is 0 Å². The van der Waals surface area contributed by atoms with E-state index in [9.17, 15) is 14.4 Å². The van der Waals surface area contributed by atoms with Crippen molar-refractivity contribution in [2.24, 2.45) is 7.05 Å². The molecule has 182 valence electrons. The molecule has 0 atom stereocenters. The maximum Gasteiger partial charge on any atom is 0.344 e. The van der Waals surface area contributed by atoms with E-state index in [-0.39, 0.29) is 24.4 Å². The second-order valence-corrected chi connectivity index (χ2v) is 8.24. The fraction of sp³-hybridized carbons (Fsp3) is 0.308. The molecular weight excluding hydrogens is 448 g/mol. The van der Waals surface area contributed by atoms with E-state index in [0.29, 0.717) is 24.5 Å².